The monoisotopic (exact) mass is 367 g/mol. The van der Waals surface area contributed by atoms with Crippen molar-refractivity contribution in [3.63, 3.8) is 0 Å². The van der Waals surface area contributed by atoms with Gasteiger partial charge in [0.25, 0.3) is 5.91 Å². The van der Waals surface area contributed by atoms with E-state index in [2.05, 4.69) is 5.32 Å². The standard InChI is InChI=1S/C20H21N3O2S/c1-15-7-8-16(12-18(15)23-9-3-4-10-23)20(25)22(2)14-19(24)21-13-17-6-5-11-26-17/h3-12H,13-14H2,1-2H3,(H,21,24). The van der Waals surface area contributed by atoms with E-state index in [1.807, 2.05) is 65.7 Å². The number of amides is 2. The van der Waals surface area contributed by atoms with Gasteiger partial charge in [-0.1, -0.05) is 12.1 Å². The van der Waals surface area contributed by atoms with E-state index in [0.717, 1.165) is 16.1 Å². The van der Waals surface area contributed by atoms with E-state index in [1.54, 1.807) is 24.5 Å². The molecule has 0 saturated carbocycles. The second-order valence-corrected chi connectivity index (χ2v) is 7.14. The molecule has 3 aromatic rings. The molecule has 1 N–H and O–H groups in total. The van der Waals surface area contributed by atoms with Crippen LogP contribution < -0.4 is 5.32 Å². The van der Waals surface area contributed by atoms with Gasteiger partial charge in [0.15, 0.2) is 0 Å². The van der Waals surface area contributed by atoms with Crippen molar-refractivity contribution in [2.75, 3.05) is 13.6 Å². The Labute approximate surface area is 156 Å². The quantitative estimate of drug-likeness (QED) is 0.727. The lowest BCUT2D eigenvalue weighted by atomic mass is 10.1. The van der Waals surface area contributed by atoms with Crippen LogP contribution in [0.2, 0.25) is 0 Å². The second kappa shape index (κ2) is 8.01. The van der Waals surface area contributed by atoms with Crippen molar-refractivity contribution in [1.29, 1.82) is 0 Å². The molecule has 0 bridgehead atoms. The Kier molecular flexibility index (Phi) is 5.53. The number of aryl methyl sites for hydroxylation is 1. The van der Waals surface area contributed by atoms with Crippen LogP contribution in [0.15, 0.2) is 60.2 Å². The summed E-state index contributed by atoms with van der Waals surface area (Å²) in [6, 6.07) is 13.4. The number of rotatable bonds is 6. The summed E-state index contributed by atoms with van der Waals surface area (Å²) >= 11 is 1.59. The number of nitrogens with zero attached hydrogens (tertiary/aromatic N) is 2. The summed E-state index contributed by atoms with van der Waals surface area (Å²) in [5.74, 6) is -0.350. The van der Waals surface area contributed by atoms with Crippen molar-refractivity contribution in [3.05, 3.63) is 76.2 Å². The summed E-state index contributed by atoms with van der Waals surface area (Å²) in [5.41, 5.74) is 2.60. The van der Waals surface area contributed by atoms with Gasteiger partial charge in [0.1, 0.15) is 0 Å². The lowest BCUT2D eigenvalue weighted by Crippen LogP contribution is -2.38. The van der Waals surface area contributed by atoms with Crippen LogP contribution in [0.1, 0.15) is 20.8 Å². The maximum absolute atomic E-state index is 12.7. The molecule has 0 spiro atoms. The number of hydrogen-bond acceptors (Lipinski definition) is 3. The maximum atomic E-state index is 12.7. The zero-order chi connectivity index (χ0) is 18.5. The Morgan fingerprint density at radius 2 is 1.92 bits per heavy atom. The molecule has 0 atom stereocenters. The largest absolute Gasteiger partial charge is 0.350 e. The van der Waals surface area contributed by atoms with Gasteiger partial charge in [0.05, 0.1) is 13.1 Å². The number of aromatic nitrogens is 1. The first-order valence-electron chi connectivity index (χ1n) is 8.33. The Hall–Kier alpha value is -2.86. The number of thiophene rings is 1. The molecule has 134 valence electrons. The fourth-order valence-corrected chi connectivity index (χ4v) is 3.32. The fraction of sp³-hybridized carbons (Fsp3) is 0.200. The SMILES string of the molecule is Cc1ccc(C(=O)N(C)CC(=O)NCc2cccs2)cc1-n1cccc1. The zero-order valence-corrected chi connectivity index (χ0v) is 15.6. The van der Waals surface area contributed by atoms with Crippen LogP contribution in [0.4, 0.5) is 0 Å². The molecule has 6 heteroatoms. The first-order valence-corrected chi connectivity index (χ1v) is 9.21. The summed E-state index contributed by atoms with van der Waals surface area (Å²) < 4.78 is 1.97. The van der Waals surface area contributed by atoms with E-state index in [0.29, 0.717) is 12.1 Å². The average molecular weight is 367 g/mol. The highest BCUT2D eigenvalue weighted by Crippen LogP contribution is 2.17. The second-order valence-electron chi connectivity index (χ2n) is 6.11. The summed E-state index contributed by atoms with van der Waals surface area (Å²) in [6.07, 6.45) is 3.89. The molecule has 0 aliphatic carbocycles. The molecule has 26 heavy (non-hydrogen) atoms. The summed E-state index contributed by atoms with van der Waals surface area (Å²) in [5, 5.41) is 4.81. The summed E-state index contributed by atoms with van der Waals surface area (Å²) in [6.45, 7) is 2.52. The van der Waals surface area contributed by atoms with E-state index < -0.39 is 0 Å². The zero-order valence-electron chi connectivity index (χ0n) is 14.8. The lowest BCUT2D eigenvalue weighted by Gasteiger charge is -2.18. The average Bonchev–Trinajstić information content (AvgIpc) is 3.33. The van der Waals surface area contributed by atoms with E-state index in [-0.39, 0.29) is 18.4 Å². The van der Waals surface area contributed by atoms with Gasteiger partial charge in [0, 0.05) is 35.6 Å². The summed E-state index contributed by atoms with van der Waals surface area (Å²) in [4.78, 5) is 27.3. The van der Waals surface area contributed by atoms with Crippen LogP contribution in [-0.2, 0) is 11.3 Å². The third kappa shape index (κ3) is 4.21. The first kappa shape index (κ1) is 17.9. The van der Waals surface area contributed by atoms with Crippen molar-refractivity contribution in [3.8, 4) is 5.69 Å². The van der Waals surface area contributed by atoms with Crippen LogP contribution >= 0.6 is 11.3 Å². The van der Waals surface area contributed by atoms with E-state index >= 15 is 0 Å². The number of nitrogens with one attached hydrogen (secondary N) is 1. The van der Waals surface area contributed by atoms with Crippen molar-refractivity contribution in [1.82, 2.24) is 14.8 Å². The minimum Gasteiger partial charge on any atom is -0.350 e. The highest BCUT2D eigenvalue weighted by Gasteiger charge is 2.16. The normalized spacial score (nSPS) is 10.5. The Bertz CT molecular complexity index is 886. The molecule has 2 aromatic heterocycles. The number of hydrogen-bond donors (Lipinski definition) is 1. The molecule has 1 aromatic carbocycles. The molecule has 0 saturated heterocycles. The number of carbonyl (C=O) groups is 2. The third-order valence-electron chi connectivity index (χ3n) is 4.11. The van der Waals surface area contributed by atoms with E-state index in [9.17, 15) is 9.59 Å². The molecule has 5 nitrogen and oxygen atoms in total. The van der Waals surface area contributed by atoms with Gasteiger partial charge in [-0.25, -0.2) is 0 Å². The highest BCUT2D eigenvalue weighted by atomic mass is 32.1. The van der Waals surface area contributed by atoms with Gasteiger partial charge in [-0.3, -0.25) is 9.59 Å². The van der Waals surface area contributed by atoms with Gasteiger partial charge >= 0.3 is 0 Å². The number of carbonyl (C=O) groups excluding carboxylic acids is 2. The molecule has 0 aliphatic rings. The van der Waals surface area contributed by atoms with Gasteiger partial charge in [-0.15, -0.1) is 11.3 Å². The van der Waals surface area contributed by atoms with Gasteiger partial charge < -0.3 is 14.8 Å². The Balaban J connectivity index is 1.64. The molecule has 0 aliphatic heterocycles. The fourth-order valence-electron chi connectivity index (χ4n) is 2.68. The van der Waals surface area contributed by atoms with Gasteiger partial charge in [0.2, 0.25) is 5.91 Å². The van der Waals surface area contributed by atoms with Crippen molar-refractivity contribution < 1.29 is 9.59 Å². The summed E-state index contributed by atoms with van der Waals surface area (Å²) in [7, 11) is 1.64. The number of benzene rings is 1. The molecular weight excluding hydrogens is 346 g/mol. The minimum atomic E-state index is -0.176. The third-order valence-corrected chi connectivity index (χ3v) is 4.98. The van der Waals surface area contributed by atoms with Crippen molar-refractivity contribution >= 4 is 23.2 Å². The highest BCUT2D eigenvalue weighted by molar-refractivity contribution is 7.09. The van der Waals surface area contributed by atoms with Crippen LogP contribution in [0.3, 0.4) is 0 Å². The Morgan fingerprint density at radius 3 is 2.62 bits per heavy atom. The maximum Gasteiger partial charge on any atom is 0.254 e. The molecular formula is C20H21N3O2S. The predicted molar refractivity (Wildman–Crippen MR) is 104 cm³/mol. The molecule has 0 radical (unpaired) electrons. The van der Waals surface area contributed by atoms with Gasteiger partial charge in [-0.2, -0.15) is 0 Å². The van der Waals surface area contributed by atoms with Gasteiger partial charge in [-0.05, 0) is 48.2 Å². The number of likely N-dealkylation sites (N-methyl/N-ethyl adjacent to an activating group) is 1. The smallest absolute Gasteiger partial charge is 0.254 e. The van der Waals surface area contributed by atoms with Crippen LogP contribution in [0.5, 0.6) is 0 Å². The van der Waals surface area contributed by atoms with E-state index in [1.165, 1.54) is 4.90 Å². The Morgan fingerprint density at radius 1 is 1.15 bits per heavy atom. The topological polar surface area (TPSA) is 54.3 Å². The predicted octanol–water partition coefficient (Wildman–Crippen LogP) is 3.24. The lowest BCUT2D eigenvalue weighted by molar-refractivity contribution is -0.121. The van der Waals surface area contributed by atoms with Crippen molar-refractivity contribution in [2.45, 2.75) is 13.5 Å². The van der Waals surface area contributed by atoms with Crippen LogP contribution in [-0.4, -0.2) is 34.9 Å². The molecule has 2 heterocycles. The molecule has 0 unspecified atom stereocenters. The van der Waals surface area contributed by atoms with Crippen molar-refractivity contribution in [2.24, 2.45) is 0 Å². The van der Waals surface area contributed by atoms with E-state index in [4.69, 9.17) is 0 Å². The van der Waals surface area contributed by atoms with Crippen LogP contribution in [0, 0.1) is 6.92 Å². The molecule has 0 fully saturated rings. The molecule has 3 rings (SSSR count). The molecule has 2 amide bonds. The van der Waals surface area contributed by atoms with Crippen LogP contribution in [0.25, 0.3) is 5.69 Å². The minimum absolute atomic E-state index is 0.0247. The first-order chi connectivity index (χ1) is 12.5.